The second-order valence-corrected chi connectivity index (χ2v) is 4.82. The SMILES string of the molecule is CC.CC.CC.Cc1cc(N2CCOCC2)cc(-c2ccccc2)n1. The molecule has 3 nitrogen and oxygen atoms in total. The first kappa shape index (κ1) is 23.1. The van der Waals surface area contributed by atoms with Crippen LogP contribution in [0.5, 0.6) is 0 Å². The number of hydrogen-bond donors (Lipinski definition) is 0. The number of hydrogen-bond acceptors (Lipinski definition) is 3. The fraction of sp³-hybridized carbons (Fsp3) is 0.500. The van der Waals surface area contributed by atoms with Gasteiger partial charge >= 0.3 is 0 Å². The average Bonchev–Trinajstić information content (AvgIpc) is 2.73. The van der Waals surface area contributed by atoms with Crippen LogP contribution in [0.15, 0.2) is 42.5 Å². The third-order valence-corrected chi connectivity index (χ3v) is 3.38. The number of benzene rings is 1. The van der Waals surface area contributed by atoms with Crippen LogP contribution in [0.4, 0.5) is 5.69 Å². The van der Waals surface area contributed by atoms with Crippen molar-refractivity contribution in [1.82, 2.24) is 4.98 Å². The van der Waals surface area contributed by atoms with Crippen molar-refractivity contribution < 1.29 is 4.74 Å². The molecule has 0 aliphatic carbocycles. The van der Waals surface area contributed by atoms with Crippen LogP contribution in [0.1, 0.15) is 47.2 Å². The Balaban J connectivity index is 0.000000871. The number of anilines is 1. The van der Waals surface area contributed by atoms with E-state index >= 15 is 0 Å². The standard InChI is InChI=1S/C16H18N2O.3C2H6/c1-13-11-15(18-7-9-19-10-8-18)12-16(17-13)14-5-3-2-4-6-14;3*1-2/h2-6,11-12H,7-10H2,1H3;3*1-2H3. The first-order chi connectivity index (χ1) is 12.3. The predicted molar refractivity (Wildman–Crippen MR) is 111 cm³/mol. The van der Waals surface area contributed by atoms with Gasteiger partial charge < -0.3 is 9.64 Å². The third kappa shape index (κ3) is 7.70. The Bertz CT molecular complexity index is 549. The van der Waals surface area contributed by atoms with Gasteiger partial charge in [0.2, 0.25) is 0 Å². The summed E-state index contributed by atoms with van der Waals surface area (Å²) in [6.07, 6.45) is 0. The molecule has 0 N–H and O–H groups in total. The van der Waals surface area contributed by atoms with Gasteiger partial charge in [-0.25, -0.2) is 0 Å². The zero-order valence-corrected chi connectivity index (χ0v) is 17.2. The Morgan fingerprint density at radius 1 is 0.840 bits per heavy atom. The minimum absolute atomic E-state index is 0.808. The van der Waals surface area contributed by atoms with Crippen LogP contribution in [0, 0.1) is 6.92 Å². The van der Waals surface area contributed by atoms with E-state index in [1.807, 2.05) is 59.7 Å². The van der Waals surface area contributed by atoms with Crippen LogP contribution in [0.3, 0.4) is 0 Å². The van der Waals surface area contributed by atoms with Crippen LogP contribution in [-0.2, 0) is 4.74 Å². The van der Waals surface area contributed by atoms with E-state index in [-0.39, 0.29) is 0 Å². The quantitative estimate of drug-likeness (QED) is 0.671. The van der Waals surface area contributed by atoms with E-state index in [0.29, 0.717) is 0 Å². The second-order valence-electron chi connectivity index (χ2n) is 4.82. The van der Waals surface area contributed by atoms with Gasteiger partial charge in [0, 0.05) is 30.0 Å². The number of nitrogens with zero attached hydrogens (tertiary/aromatic N) is 2. The van der Waals surface area contributed by atoms with E-state index in [4.69, 9.17) is 4.74 Å². The molecule has 1 saturated heterocycles. The molecule has 0 atom stereocenters. The highest BCUT2D eigenvalue weighted by atomic mass is 16.5. The molecular formula is C22H36N2O. The Labute approximate surface area is 155 Å². The highest BCUT2D eigenvalue weighted by molar-refractivity contribution is 5.65. The molecule has 3 rings (SSSR count). The van der Waals surface area contributed by atoms with Crippen molar-refractivity contribution in [2.45, 2.75) is 48.5 Å². The maximum atomic E-state index is 5.41. The lowest BCUT2D eigenvalue weighted by Crippen LogP contribution is -2.36. The molecule has 1 aliphatic rings. The maximum Gasteiger partial charge on any atom is 0.0725 e. The molecule has 140 valence electrons. The second kappa shape index (κ2) is 14.5. The molecule has 0 saturated carbocycles. The van der Waals surface area contributed by atoms with Crippen molar-refractivity contribution in [3.8, 4) is 11.3 Å². The fourth-order valence-corrected chi connectivity index (χ4v) is 2.41. The number of ether oxygens (including phenoxy) is 1. The smallest absolute Gasteiger partial charge is 0.0725 e. The van der Waals surface area contributed by atoms with Crippen molar-refractivity contribution in [1.29, 1.82) is 0 Å². The summed E-state index contributed by atoms with van der Waals surface area (Å²) < 4.78 is 5.41. The summed E-state index contributed by atoms with van der Waals surface area (Å²) in [5.41, 5.74) is 4.51. The maximum absolute atomic E-state index is 5.41. The lowest BCUT2D eigenvalue weighted by Gasteiger charge is -2.29. The lowest BCUT2D eigenvalue weighted by atomic mass is 10.1. The summed E-state index contributed by atoms with van der Waals surface area (Å²) in [5, 5.41) is 0. The fourth-order valence-electron chi connectivity index (χ4n) is 2.41. The van der Waals surface area contributed by atoms with Gasteiger partial charge in [-0.15, -0.1) is 0 Å². The first-order valence-electron chi connectivity index (χ1n) is 9.70. The summed E-state index contributed by atoms with van der Waals surface area (Å²) in [6, 6.07) is 14.7. The largest absolute Gasteiger partial charge is 0.378 e. The van der Waals surface area contributed by atoms with Crippen LogP contribution in [0.25, 0.3) is 11.3 Å². The van der Waals surface area contributed by atoms with Gasteiger partial charge in [-0.1, -0.05) is 71.9 Å². The van der Waals surface area contributed by atoms with Crippen molar-refractivity contribution in [3.05, 3.63) is 48.2 Å². The molecule has 3 heteroatoms. The number of pyridine rings is 1. The molecular weight excluding hydrogens is 308 g/mol. The summed E-state index contributed by atoms with van der Waals surface area (Å²) in [7, 11) is 0. The molecule has 2 aromatic rings. The van der Waals surface area contributed by atoms with Gasteiger partial charge in [-0.05, 0) is 19.1 Å². The molecule has 1 aromatic carbocycles. The van der Waals surface area contributed by atoms with E-state index in [9.17, 15) is 0 Å². The average molecular weight is 345 g/mol. The van der Waals surface area contributed by atoms with Crippen molar-refractivity contribution in [2.24, 2.45) is 0 Å². The highest BCUT2D eigenvalue weighted by Crippen LogP contribution is 2.24. The van der Waals surface area contributed by atoms with Crippen molar-refractivity contribution in [3.63, 3.8) is 0 Å². The highest BCUT2D eigenvalue weighted by Gasteiger charge is 2.13. The van der Waals surface area contributed by atoms with Gasteiger partial charge in [-0.2, -0.15) is 0 Å². The molecule has 0 radical (unpaired) electrons. The molecule has 2 heterocycles. The van der Waals surface area contributed by atoms with E-state index in [1.165, 1.54) is 11.3 Å². The van der Waals surface area contributed by atoms with E-state index in [0.717, 1.165) is 37.7 Å². The zero-order chi connectivity index (χ0) is 19.1. The number of aromatic nitrogens is 1. The van der Waals surface area contributed by atoms with Crippen LogP contribution < -0.4 is 4.90 Å². The number of morpholine rings is 1. The third-order valence-electron chi connectivity index (χ3n) is 3.38. The van der Waals surface area contributed by atoms with Gasteiger partial charge in [-0.3, -0.25) is 4.98 Å². The van der Waals surface area contributed by atoms with Crippen molar-refractivity contribution >= 4 is 5.69 Å². The monoisotopic (exact) mass is 344 g/mol. The molecule has 1 aromatic heterocycles. The summed E-state index contributed by atoms with van der Waals surface area (Å²) in [5.74, 6) is 0. The van der Waals surface area contributed by atoms with E-state index in [1.54, 1.807) is 0 Å². The number of aryl methyl sites for hydroxylation is 1. The molecule has 0 unspecified atom stereocenters. The summed E-state index contributed by atoms with van der Waals surface area (Å²) in [4.78, 5) is 7.01. The summed E-state index contributed by atoms with van der Waals surface area (Å²) in [6.45, 7) is 17.6. The Morgan fingerprint density at radius 3 is 1.96 bits per heavy atom. The minimum Gasteiger partial charge on any atom is -0.378 e. The predicted octanol–water partition coefficient (Wildman–Crippen LogP) is 5.97. The molecule has 0 spiro atoms. The van der Waals surface area contributed by atoms with Crippen molar-refractivity contribution in [2.75, 3.05) is 31.2 Å². The topological polar surface area (TPSA) is 25.4 Å². The van der Waals surface area contributed by atoms with Crippen LogP contribution in [-0.4, -0.2) is 31.3 Å². The minimum atomic E-state index is 0.808. The zero-order valence-electron chi connectivity index (χ0n) is 17.2. The first-order valence-corrected chi connectivity index (χ1v) is 9.70. The summed E-state index contributed by atoms with van der Waals surface area (Å²) >= 11 is 0. The van der Waals surface area contributed by atoms with Crippen LogP contribution >= 0.6 is 0 Å². The Morgan fingerprint density at radius 2 is 1.40 bits per heavy atom. The Kier molecular flexibility index (Phi) is 13.4. The molecule has 25 heavy (non-hydrogen) atoms. The molecule has 0 amide bonds. The molecule has 0 bridgehead atoms. The molecule has 1 fully saturated rings. The van der Waals surface area contributed by atoms with Gasteiger partial charge in [0.15, 0.2) is 0 Å². The van der Waals surface area contributed by atoms with Gasteiger partial charge in [0.05, 0.1) is 18.9 Å². The Hall–Kier alpha value is -1.87. The van der Waals surface area contributed by atoms with Gasteiger partial charge in [0.25, 0.3) is 0 Å². The van der Waals surface area contributed by atoms with Crippen LogP contribution in [0.2, 0.25) is 0 Å². The van der Waals surface area contributed by atoms with E-state index < -0.39 is 0 Å². The normalized spacial score (nSPS) is 12.5. The van der Waals surface area contributed by atoms with E-state index in [2.05, 4.69) is 41.1 Å². The lowest BCUT2D eigenvalue weighted by molar-refractivity contribution is 0.122. The molecule has 1 aliphatic heterocycles. The van der Waals surface area contributed by atoms with Gasteiger partial charge in [0.1, 0.15) is 0 Å². The number of rotatable bonds is 2.